The predicted octanol–water partition coefficient (Wildman–Crippen LogP) is 5.07. The third-order valence-electron chi connectivity index (χ3n) is 4.24. The molecule has 0 aromatic heterocycles. The minimum atomic E-state index is 0.449. The minimum absolute atomic E-state index is 0.449. The summed E-state index contributed by atoms with van der Waals surface area (Å²) in [6, 6.07) is 0. The van der Waals surface area contributed by atoms with Crippen LogP contribution in [0.3, 0.4) is 0 Å². The van der Waals surface area contributed by atoms with Gasteiger partial charge in [0.1, 0.15) is 5.78 Å². The van der Waals surface area contributed by atoms with E-state index in [0.29, 0.717) is 17.6 Å². The highest BCUT2D eigenvalue weighted by Gasteiger charge is 2.21. The lowest BCUT2D eigenvalue weighted by Gasteiger charge is -2.23. The highest BCUT2D eigenvalue weighted by atomic mass is 16.1. The molecule has 0 aromatic carbocycles. The molecule has 18 heavy (non-hydrogen) atoms. The lowest BCUT2D eigenvalue weighted by Crippen LogP contribution is -2.15. The maximum absolute atomic E-state index is 11.3. The molecule has 1 aliphatic carbocycles. The number of ketones is 1. The summed E-state index contributed by atoms with van der Waals surface area (Å²) in [7, 11) is 0. The predicted molar refractivity (Wildman–Crippen MR) is 78.6 cm³/mol. The van der Waals surface area contributed by atoms with E-state index >= 15 is 0 Å². The number of rotatable bonds is 5. The topological polar surface area (TPSA) is 17.1 Å². The Hall–Kier alpha value is -0.850. The quantitative estimate of drug-likeness (QED) is 0.620. The fourth-order valence-electron chi connectivity index (χ4n) is 2.58. The fraction of sp³-hybridized carbons (Fsp3) is 0.706. The van der Waals surface area contributed by atoms with Gasteiger partial charge in [-0.2, -0.15) is 0 Å². The number of carbonyl (C=O) groups is 1. The summed E-state index contributed by atoms with van der Waals surface area (Å²) in [4.78, 5) is 11.3. The molecule has 0 spiro atoms. The highest BCUT2D eigenvalue weighted by Crippen LogP contribution is 2.30. The van der Waals surface area contributed by atoms with E-state index in [1.165, 1.54) is 17.6 Å². The number of hydrogen-bond donors (Lipinski definition) is 0. The van der Waals surface area contributed by atoms with Crippen LogP contribution in [-0.4, -0.2) is 5.78 Å². The van der Waals surface area contributed by atoms with Crippen molar-refractivity contribution in [3.63, 3.8) is 0 Å². The Morgan fingerprint density at radius 1 is 1.33 bits per heavy atom. The van der Waals surface area contributed by atoms with Crippen LogP contribution in [0, 0.1) is 11.8 Å². The largest absolute Gasteiger partial charge is 0.300 e. The lowest BCUT2D eigenvalue weighted by molar-refractivity contribution is -0.120. The van der Waals surface area contributed by atoms with Gasteiger partial charge >= 0.3 is 0 Å². The monoisotopic (exact) mass is 248 g/mol. The molecule has 0 N–H and O–H groups in total. The molecule has 1 atom stereocenters. The summed E-state index contributed by atoms with van der Waals surface area (Å²) in [6.45, 7) is 8.97. The average molecular weight is 248 g/mol. The number of carbonyl (C=O) groups excluding carboxylic acids is 1. The zero-order valence-corrected chi connectivity index (χ0v) is 12.5. The highest BCUT2D eigenvalue weighted by molar-refractivity contribution is 5.79. The van der Waals surface area contributed by atoms with Gasteiger partial charge in [0.15, 0.2) is 0 Å². The van der Waals surface area contributed by atoms with Crippen LogP contribution in [0.4, 0.5) is 0 Å². The Labute approximate surface area is 112 Å². The molecule has 0 bridgehead atoms. The summed E-state index contributed by atoms with van der Waals surface area (Å²) in [5.41, 5.74) is 2.96. The molecular formula is C17H28O. The second-order valence-electron chi connectivity index (χ2n) is 5.62. The van der Waals surface area contributed by atoms with Crippen LogP contribution in [0.15, 0.2) is 23.3 Å². The van der Waals surface area contributed by atoms with Crippen LogP contribution in [0.5, 0.6) is 0 Å². The molecule has 1 saturated carbocycles. The van der Waals surface area contributed by atoms with Gasteiger partial charge in [-0.15, -0.1) is 0 Å². The smallest absolute Gasteiger partial charge is 0.132 e. The first-order chi connectivity index (χ1) is 8.58. The summed E-state index contributed by atoms with van der Waals surface area (Å²) in [5.74, 6) is 1.72. The zero-order valence-electron chi connectivity index (χ0n) is 12.5. The summed E-state index contributed by atoms with van der Waals surface area (Å²) in [5, 5.41) is 0. The van der Waals surface area contributed by atoms with E-state index < -0.39 is 0 Å². The van der Waals surface area contributed by atoms with Gasteiger partial charge in [0, 0.05) is 12.8 Å². The van der Waals surface area contributed by atoms with E-state index in [0.717, 1.165) is 32.1 Å². The molecule has 0 aromatic rings. The van der Waals surface area contributed by atoms with Crippen LogP contribution >= 0.6 is 0 Å². The summed E-state index contributed by atoms with van der Waals surface area (Å²) < 4.78 is 0. The van der Waals surface area contributed by atoms with E-state index in [-0.39, 0.29) is 0 Å². The SMILES string of the molecule is CC/C=C(\C=C(\C)C(C)CC)C1CCC(=O)CC1. The third-order valence-corrected chi connectivity index (χ3v) is 4.24. The maximum atomic E-state index is 11.3. The first-order valence-corrected chi connectivity index (χ1v) is 7.48. The van der Waals surface area contributed by atoms with E-state index in [1.54, 1.807) is 0 Å². The second kappa shape index (κ2) is 7.56. The van der Waals surface area contributed by atoms with Gasteiger partial charge in [0.2, 0.25) is 0 Å². The van der Waals surface area contributed by atoms with E-state index in [2.05, 4.69) is 39.8 Å². The maximum Gasteiger partial charge on any atom is 0.132 e. The van der Waals surface area contributed by atoms with Gasteiger partial charge in [0.25, 0.3) is 0 Å². The molecular weight excluding hydrogens is 220 g/mol. The standard InChI is InChI=1S/C17H28O/c1-5-7-16(12-14(4)13(3)6-2)15-8-10-17(18)11-9-15/h7,12-13,15H,5-6,8-11H2,1-4H3/b14-12-,16-7+. The lowest BCUT2D eigenvalue weighted by atomic mass is 9.81. The van der Waals surface area contributed by atoms with Gasteiger partial charge in [-0.25, -0.2) is 0 Å². The molecule has 102 valence electrons. The molecule has 1 unspecified atom stereocenters. The van der Waals surface area contributed by atoms with E-state index in [4.69, 9.17) is 0 Å². The molecule has 1 heteroatoms. The van der Waals surface area contributed by atoms with Gasteiger partial charge in [-0.1, -0.05) is 38.5 Å². The molecule has 1 fully saturated rings. The fourth-order valence-corrected chi connectivity index (χ4v) is 2.58. The number of Topliss-reactive ketones (excluding diaryl/α,β-unsaturated/α-hetero) is 1. The molecule has 0 heterocycles. The van der Waals surface area contributed by atoms with E-state index in [9.17, 15) is 4.79 Å². The van der Waals surface area contributed by atoms with Crippen molar-refractivity contribution >= 4 is 5.78 Å². The number of allylic oxidation sites excluding steroid dienone is 4. The molecule has 0 radical (unpaired) electrons. The van der Waals surface area contributed by atoms with Gasteiger partial charge in [-0.05, 0) is 50.0 Å². The Bertz CT molecular complexity index is 326. The van der Waals surface area contributed by atoms with Crippen LogP contribution in [0.25, 0.3) is 0 Å². The second-order valence-corrected chi connectivity index (χ2v) is 5.62. The van der Waals surface area contributed by atoms with Crippen molar-refractivity contribution in [1.29, 1.82) is 0 Å². The van der Waals surface area contributed by atoms with Gasteiger partial charge in [0.05, 0.1) is 0 Å². The Kier molecular flexibility index (Phi) is 6.38. The first-order valence-electron chi connectivity index (χ1n) is 7.48. The van der Waals surface area contributed by atoms with Crippen molar-refractivity contribution in [2.45, 2.75) is 66.2 Å². The minimum Gasteiger partial charge on any atom is -0.300 e. The summed E-state index contributed by atoms with van der Waals surface area (Å²) >= 11 is 0. The van der Waals surface area contributed by atoms with Crippen molar-refractivity contribution in [3.8, 4) is 0 Å². The summed E-state index contributed by atoms with van der Waals surface area (Å²) in [6.07, 6.45) is 10.7. The number of hydrogen-bond acceptors (Lipinski definition) is 1. The van der Waals surface area contributed by atoms with Crippen LogP contribution < -0.4 is 0 Å². The van der Waals surface area contributed by atoms with Crippen molar-refractivity contribution in [1.82, 2.24) is 0 Å². The van der Waals surface area contributed by atoms with Crippen LogP contribution in [-0.2, 0) is 4.79 Å². The average Bonchev–Trinajstić information content (AvgIpc) is 2.38. The van der Waals surface area contributed by atoms with Gasteiger partial charge < -0.3 is 0 Å². The molecule has 0 saturated heterocycles. The molecule has 0 aliphatic heterocycles. The van der Waals surface area contributed by atoms with Crippen LogP contribution in [0.2, 0.25) is 0 Å². The Morgan fingerprint density at radius 3 is 2.44 bits per heavy atom. The Morgan fingerprint density at radius 2 is 1.94 bits per heavy atom. The van der Waals surface area contributed by atoms with Crippen molar-refractivity contribution in [2.75, 3.05) is 0 Å². The molecule has 1 aliphatic rings. The zero-order chi connectivity index (χ0) is 13.5. The van der Waals surface area contributed by atoms with E-state index in [1.807, 2.05) is 0 Å². The molecule has 1 rings (SSSR count). The van der Waals surface area contributed by atoms with Crippen molar-refractivity contribution in [2.24, 2.45) is 11.8 Å². The Balaban J connectivity index is 2.77. The molecule has 0 amide bonds. The van der Waals surface area contributed by atoms with Crippen molar-refractivity contribution in [3.05, 3.63) is 23.3 Å². The molecule has 1 nitrogen and oxygen atoms in total. The van der Waals surface area contributed by atoms with Crippen molar-refractivity contribution < 1.29 is 4.79 Å². The third kappa shape index (κ3) is 4.44. The van der Waals surface area contributed by atoms with Crippen LogP contribution in [0.1, 0.15) is 66.2 Å². The first kappa shape index (κ1) is 15.2. The normalized spacial score (nSPS) is 21.2. The van der Waals surface area contributed by atoms with Gasteiger partial charge in [-0.3, -0.25) is 4.79 Å².